The number of fused-ring (bicyclic) bond motifs is 1. The van der Waals surface area contributed by atoms with Gasteiger partial charge < -0.3 is 15.6 Å². The van der Waals surface area contributed by atoms with E-state index in [9.17, 15) is 9.90 Å². The van der Waals surface area contributed by atoms with Gasteiger partial charge in [0.1, 0.15) is 6.23 Å². The van der Waals surface area contributed by atoms with Crippen molar-refractivity contribution in [2.24, 2.45) is 0 Å². The number of aromatic nitrogens is 4. The summed E-state index contributed by atoms with van der Waals surface area (Å²) in [6, 6.07) is 0. The molecule has 9 heteroatoms. The summed E-state index contributed by atoms with van der Waals surface area (Å²) in [6.07, 6.45) is 1.05. The number of nitrogens with one attached hydrogen (secondary N) is 1. The van der Waals surface area contributed by atoms with Gasteiger partial charge in [0.05, 0.1) is 19.0 Å². The summed E-state index contributed by atoms with van der Waals surface area (Å²) in [5.74, 6) is 0.0304. The van der Waals surface area contributed by atoms with Gasteiger partial charge in [-0.25, -0.2) is 4.98 Å². The van der Waals surface area contributed by atoms with Crippen LogP contribution in [0, 0.1) is 0 Å². The molecule has 0 unspecified atom stereocenters. The number of imidazole rings is 1. The number of anilines is 1. The van der Waals surface area contributed by atoms with E-state index >= 15 is 0 Å². The van der Waals surface area contributed by atoms with E-state index in [4.69, 9.17) is 10.5 Å². The molecular weight excluding hydrogens is 265 g/mol. The van der Waals surface area contributed by atoms with Gasteiger partial charge in [-0.1, -0.05) is 0 Å². The molecule has 3 heterocycles. The SMILES string of the molecule is Nc1nc2c(ncn2[C@H]2C[C@H](O)CO2)c(=O)[nH]1.[K]. The molecule has 0 aliphatic carbocycles. The smallest absolute Gasteiger partial charge is 0.280 e. The second kappa shape index (κ2) is 5.37. The molecule has 2 atom stereocenters. The Labute approximate surface area is 144 Å². The fourth-order valence-corrected chi connectivity index (χ4v) is 1.94. The van der Waals surface area contributed by atoms with Crippen LogP contribution in [0.1, 0.15) is 12.6 Å². The van der Waals surface area contributed by atoms with Gasteiger partial charge >= 0.3 is 0 Å². The summed E-state index contributed by atoms with van der Waals surface area (Å²) in [5, 5.41) is 9.41. The van der Waals surface area contributed by atoms with Gasteiger partial charge in [-0.3, -0.25) is 14.3 Å². The Morgan fingerprint density at radius 3 is 3.06 bits per heavy atom. The van der Waals surface area contributed by atoms with Crippen molar-refractivity contribution in [3.8, 4) is 0 Å². The van der Waals surface area contributed by atoms with E-state index in [1.807, 2.05) is 0 Å². The Morgan fingerprint density at radius 2 is 2.39 bits per heavy atom. The predicted octanol–water partition coefficient (Wildman–Crippen LogP) is -1.40. The maximum atomic E-state index is 11.6. The van der Waals surface area contributed by atoms with Gasteiger partial charge in [0, 0.05) is 57.8 Å². The molecule has 18 heavy (non-hydrogen) atoms. The molecular formula is C9H11KN5O3. The van der Waals surface area contributed by atoms with Crippen molar-refractivity contribution in [3.05, 3.63) is 16.7 Å². The summed E-state index contributed by atoms with van der Waals surface area (Å²) >= 11 is 0. The molecule has 1 aliphatic rings. The number of nitrogens with two attached hydrogens (primary N) is 1. The van der Waals surface area contributed by atoms with Crippen LogP contribution in [-0.4, -0.2) is 88.7 Å². The number of aliphatic hydroxyl groups is 1. The number of ether oxygens (including phenoxy) is 1. The van der Waals surface area contributed by atoms with Crippen LogP contribution in [0.25, 0.3) is 11.2 Å². The topological polar surface area (TPSA) is 119 Å². The first kappa shape index (κ1) is 14.1. The average Bonchev–Trinajstić information content (AvgIpc) is 2.83. The van der Waals surface area contributed by atoms with Gasteiger partial charge in [-0.15, -0.1) is 0 Å². The Kier molecular flexibility index (Phi) is 4.21. The minimum absolute atomic E-state index is 0. The first-order valence-electron chi connectivity index (χ1n) is 5.17. The van der Waals surface area contributed by atoms with E-state index in [1.54, 1.807) is 4.57 Å². The van der Waals surface area contributed by atoms with Crippen molar-refractivity contribution < 1.29 is 9.84 Å². The van der Waals surface area contributed by atoms with Crippen molar-refractivity contribution in [2.45, 2.75) is 18.8 Å². The van der Waals surface area contributed by atoms with Crippen LogP contribution < -0.4 is 11.3 Å². The normalized spacial score (nSPS) is 23.2. The Morgan fingerprint density at radius 1 is 1.61 bits per heavy atom. The Bertz CT molecular complexity index is 624. The van der Waals surface area contributed by atoms with Crippen LogP contribution in [0.4, 0.5) is 5.95 Å². The number of hydrogen-bond donors (Lipinski definition) is 3. The third-order valence-electron chi connectivity index (χ3n) is 2.72. The number of aliphatic hydroxyl groups excluding tert-OH is 1. The number of hydrogen-bond acceptors (Lipinski definition) is 6. The van der Waals surface area contributed by atoms with Crippen LogP contribution in [0.15, 0.2) is 11.1 Å². The van der Waals surface area contributed by atoms with Crippen LogP contribution in [-0.2, 0) is 4.74 Å². The third kappa shape index (κ3) is 2.39. The molecule has 0 bridgehead atoms. The van der Waals surface area contributed by atoms with E-state index in [1.165, 1.54) is 6.33 Å². The van der Waals surface area contributed by atoms with E-state index in [0.29, 0.717) is 12.1 Å². The first-order valence-corrected chi connectivity index (χ1v) is 5.17. The molecule has 0 spiro atoms. The van der Waals surface area contributed by atoms with E-state index in [0.717, 1.165) is 0 Å². The summed E-state index contributed by atoms with van der Waals surface area (Å²) in [5.41, 5.74) is 5.67. The van der Waals surface area contributed by atoms with Crippen LogP contribution in [0.3, 0.4) is 0 Å². The molecule has 1 saturated heterocycles. The zero-order valence-corrected chi connectivity index (χ0v) is 13.0. The molecule has 1 fully saturated rings. The molecule has 1 radical (unpaired) electrons. The van der Waals surface area contributed by atoms with Crippen molar-refractivity contribution in [2.75, 3.05) is 12.3 Å². The van der Waals surface area contributed by atoms with Crippen molar-refractivity contribution in [1.82, 2.24) is 19.5 Å². The zero-order chi connectivity index (χ0) is 12.0. The summed E-state index contributed by atoms with van der Waals surface area (Å²) < 4.78 is 6.99. The number of nitrogens with zero attached hydrogens (tertiary/aromatic N) is 3. The molecule has 4 N–H and O–H groups in total. The van der Waals surface area contributed by atoms with Gasteiger partial charge in [0.2, 0.25) is 5.95 Å². The molecule has 2 aromatic rings. The monoisotopic (exact) mass is 276 g/mol. The zero-order valence-electron chi connectivity index (χ0n) is 9.83. The molecule has 8 nitrogen and oxygen atoms in total. The van der Waals surface area contributed by atoms with Gasteiger partial charge in [0.25, 0.3) is 5.56 Å². The van der Waals surface area contributed by atoms with Gasteiger partial charge in [-0.05, 0) is 0 Å². The van der Waals surface area contributed by atoms with Crippen LogP contribution >= 0.6 is 0 Å². The predicted molar refractivity (Wildman–Crippen MR) is 63.9 cm³/mol. The Hall–Kier alpha value is -0.294. The van der Waals surface area contributed by atoms with E-state index in [2.05, 4.69) is 15.0 Å². The average molecular weight is 276 g/mol. The van der Waals surface area contributed by atoms with Crippen molar-refractivity contribution in [3.63, 3.8) is 0 Å². The molecule has 0 amide bonds. The van der Waals surface area contributed by atoms with E-state index < -0.39 is 6.10 Å². The minimum Gasteiger partial charge on any atom is -0.391 e. The number of aromatic amines is 1. The third-order valence-corrected chi connectivity index (χ3v) is 2.72. The first-order chi connectivity index (χ1) is 8.15. The molecule has 0 aromatic carbocycles. The second-order valence-electron chi connectivity index (χ2n) is 3.95. The minimum atomic E-state index is -0.503. The number of rotatable bonds is 1. The summed E-state index contributed by atoms with van der Waals surface area (Å²) in [7, 11) is 0. The standard InChI is InChI=1S/C9H11N5O3.K/c10-9-12-7-6(8(16)13-9)11-3-14(7)5-1-4(15)2-17-5;/h3-5,15H,1-2H2,(H3,10,12,13,16);/t4-,5+;/m0./s1. The van der Waals surface area contributed by atoms with Crippen molar-refractivity contribution >= 4 is 68.5 Å². The molecule has 2 aromatic heterocycles. The van der Waals surface area contributed by atoms with Gasteiger partial charge in [-0.2, -0.15) is 4.98 Å². The molecule has 91 valence electrons. The number of nitrogen functional groups attached to an aromatic ring is 1. The molecule has 1 aliphatic heterocycles. The summed E-state index contributed by atoms with van der Waals surface area (Å²) in [6.45, 7) is 0.267. The maximum absolute atomic E-state index is 11.6. The number of H-pyrrole nitrogens is 1. The van der Waals surface area contributed by atoms with Crippen LogP contribution in [0.2, 0.25) is 0 Å². The maximum Gasteiger partial charge on any atom is 0.280 e. The Balaban J connectivity index is 0.00000120. The molecule has 0 saturated carbocycles. The van der Waals surface area contributed by atoms with Crippen LogP contribution in [0.5, 0.6) is 0 Å². The van der Waals surface area contributed by atoms with Gasteiger partial charge in [0.15, 0.2) is 11.2 Å². The molecule has 3 rings (SSSR count). The fourth-order valence-electron chi connectivity index (χ4n) is 1.94. The fraction of sp³-hybridized carbons (Fsp3) is 0.444. The van der Waals surface area contributed by atoms with Crippen molar-refractivity contribution in [1.29, 1.82) is 0 Å². The second-order valence-corrected chi connectivity index (χ2v) is 3.95. The summed E-state index contributed by atoms with van der Waals surface area (Å²) in [4.78, 5) is 21.9. The van der Waals surface area contributed by atoms with E-state index in [-0.39, 0.29) is 81.2 Å². The quantitative estimate of drug-likeness (QED) is 0.551. The largest absolute Gasteiger partial charge is 0.391 e.